The Kier molecular flexibility index (Phi) is 4.70. The zero-order valence-electron chi connectivity index (χ0n) is 20.6. The van der Waals surface area contributed by atoms with Crippen LogP contribution in [-0.2, 0) is 0 Å². The quantitative estimate of drug-likeness (QED) is 0.552. The maximum atomic E-state index is 10.8. The normalized spacial score (nSPS) is 28.3. The molecule has 1 unspecified atom stereocenters. The number of ether oxygens (including phenoxy) is 2. The number of nitrogens with zero attached hydrogens (tertiary/aromatic N) is 5. The molecular weight excluding hydrogens is 456 g/mol. The molecule has 2 saturated heterocycles. The molecule has 1 aromatic carbocycles. The van der Waals surface area contributed by atoms with Crippen LogP contribution in [0.3, 0.4) is 0 Å². The number of rotatable bonds is 5. The van der Waals surface area contributed by atoms with Crippen LogP contribution >= 0.6 is 0 Å². The average Bonchev–Trinajstić information content (AvgIpc) is 3.52. The van der Waals surface area contributed by atoms with Crippen molar-refractivity contribution < 1.29 is 14.6 Å². The lowest BCUT2D eigenvalue weighted by atomic mass is 9.84. The predicted octanol–water partition coefficient (Wildman–Crippen LogP) is 4.07. The number of fused-ring (bicyclic) bond motifs is 3. The average molecular weight is 487 g/mol. The van der Waals surface area contributed by atoms with E-state index in [1.807, 2.05) is 24.4 Å². The molecule has 3 atom stereocenters. The van der Waals surface area contributed by atoms with Crippen LogP contribution in [-0.4, -0.2) is 55.2 Å². The molecule has 2 N–H and O–H groups in total. The zero-order valence-corrected chi connectivity index (χ0v) is 20.6. The largest absolute Gasteiger partial charge is 0.507 e. The monoisotopic (exact) mass is 486 g/mol. The van der Waals surface area contributed by atoms with Crippen molar-refractivity contribution >= 4 is 5.82 Å². The van der Waals surface area contributed by atoms with Crippen molar-refractivity contribution in [2.45, 2.75) is 75.5 Å². The fraction of sp³-hybridized carbons (Fsp3) is 0.481. The summed E-state index contributed by atoms with van der Waals surface area (Å²) in [6, 6.07) is 8.22. The number of piperidine rings is 1. The minimum absolute atomic E-state index is 0.0922. The minimum Gasteiger partial charge on any atom is -0.507 e. The molecular formula is C27H30N6O3. The minimum atomic E-state index is 0.0922. The third-order valence-electron chi connectivity index (χ3n) is 8.15. The first-order valence-electron chi connectivity index (χ1n) is 12.7. The van der Waals surface area contributed by atoms with Gasteiger partial charge >= 0.3 is 0 Å². The SMILES string of the molecule is C[C@]12CC[C@](C)(CC(N(c3cnc(-c4ccc(-c5cnc6c(c5)OCO6)cc4O)nn3)C3CC3)C1)N2. The molecule has 2 aromatic heterocycles. The van der Waals surface area contributed by atoms with E-state index < -0.39 is 0 Å². The summed E-state index contributed by atoms with van der Waals surface area (Å²) in [6.07, 6.45) is 10.6. The van der Waals surface area contributed by atoms with Crippen LogP contribution in [0.4, 0.5) is 5.82 Å². The lowest BCUT2D eigenvalue weighted by molar-refractivity contribution is 0.171. The first-order valence-corrected chi connectivity index (χ1v) is 12.7. The van der Waals surface area contributed by atoms with Gasteiger partial charge in [-0.2, -0.15) is 0 Å². The van der Waals surface area contributed by atoms with Crippen molar-refractivity contribution in [2.75, 3.05) is 11.7 Å². The van der Waals surface area contributed by atoms with Gasteiger partial charge in [-0.1, -0.05) is 6.07 Å². The third-order valence-corrected chi connectivity index (χ3v) is 8.15. The van der Waals surface area contributed by atoms with Gasteiger partial charge in [0.1, 0.15) is 5.75 Å². The maximum absolute atomic E-state index is 10.8. The summed E-state index contributed by atoms with van der Waals surface area (Å²) in [5.74, 6) is 2.42. The van der Waals surface area contributed by atoms with Gasteiger partial charge in [-0.15, -0.1) is 10.2 Å². The van der Waals surface area contributed by atoms with Crippen LogP contribution in [0.25, 0.3) is 22.5 Å². The molecule has 7 rings (SSSR count). The summed E-state index contributed by atoms with van der Waals surface area (Å²) in [5, 5.41) is 23.7. The van der Waals surface area contributed by atoms with Crippen LogP contribution < -0.4 is 19.7 Å². The second-order valence-corrected chi connectivity index (χ2v) is 11.3. The highest BCUT2D eigenvalue weighted by Crippen LogP contribution is 2.46. The Morgan fingerprint density at radius 1 is 0.944 bits per heavy atom. The Morgan fingerprint density at radius 2 is 1.75 bits per heavy atom. The number of nitrogens with one attached hydrogen (secondary N) is 1. The Hall–Kier alpha value is -3.46. The lowest BCUT2D eigenvalue weighted by Gasteiger charge is -2.46. The van der Waals surface area contributed by atoms with Crippen molar-refractivity contribution in [3.8, 4) is 39.9 Å². The first kappa shape index (κ1) is 21.8. The molecule has 0 amide bonds. The number of aromatic nitrogens is 4. The molecule has 5 heterocycles. The van der Waals surface area contributed by atoms with E-state index in [1.165, 1.54) is 25.7 Å². The van der Waals surface area contributed by atoms with E-state index in [1.54, 1.807) is 12.3 Å². The van der Waals surface area contributed by atoms with E-state index in [9.17, 15) is 5.11 Å². The van der Waals surface area contributed by atoms with Gasteiger partial charge in [0.15, 0.2) is 17.4 Å². The second-order valence-electron chi connectivity index (χ2n) is 11.3. The van der Waals surface area contributed by atoms with Crippen molar-refractivity contribution in [1.29, 1.82) is 0 Å². The molecule has 1 aliphatic carbocycles. The highest BCUT2D eigenvalue weighted by atomic mass is 16.7. The van der Waals surface area contributed by atoms with E-state index in [4.69, 9.17) is 9.47 Å². The Balaban J connectivity index is 1.14. The zero-order chi connectivity index (χ0) is 24.5. The molecule has 0 radical (unpaired) electrons. The number of benzene rings is 1. The summed E-state index contributed by atoms with van der Waals surface area (Å²) in [5.41, 5.74) is 2.56. The highest BCUT2D eigenvalue weighted by Gasteiger charge is 2.51. The molecule has 0 spiro atoms. The number of anilines is 1. The molecule has 3 fully saturated rings. The van der Waals surface area contributed by atoms with E-state index in [-0.39, 0.29) is 23.6 Å². The molecule has 9 nitrogen and oxygen atoms in total. The lowest BCUT2D eigenvalue weighted by Crippen LogP contribution is -2.59. The third kappa shape index (κ3) is 3.73. The Labute approximate surface area is 209 Å². The van der Waals surface area contributed by atoms with E-state index >= 15 is 0 Å². The number of aromatic hydroxyl groups is 1. The van der Waals surface area contributed by atoms with E-state index in [2.05, 4.69) is 44.2 Å². The maximum Gasteiger partial charge on any atom is 0.260 e. The van der Waals surface area contributed by atoms with Crippen LogP contribution in [0.5, 0.6) is 17.4 Å². The van der Waals surface area contributed by atoms with Gasteiger partial charge in [0.2, 0.25) is 6.79 Å². The van der Waals surface area contributed by atoms with Gasteiger partial charge in [0.25, 0.3) is 5.88 Å². The van der Waals surface area contributed by atoms with Crippen molar-refractivity contribution in [1.82, 2.24) is 25.5 Å². The second kappa shape index (κ2) is 7.77. The van der Waals surface area contributed by atoms with Crippen molar-refractivity contribution in [3.05, 3.63) is 36.7 Å². The van der Waals surface area contributed by atoms with E-state index in [0.29, 0.717) is 35.1 Å². The first-order chi connectivity index (χ1) is 17.4. The van der Waals surface area contributed by atoms with Crippen molar-refractivity contribution in [3.63, 3.8) is 0 Å². The van der Waals surface area contributed by atoms with Gasteiger partial charge in [0.05, 0.1) is 11.8 Å². The molecule has 3 aromatic rings. The summed E-state index contributed by atoms with van der Waals surface area (Å²) in [4.78, 5) is 11.4. The number of hydrogen-bond acceptors (Lipinski definition) is 9. The van der Waals surface area contributed by atoms with Gasteiger partial charge in [-0.05, 0) is 76.1 Å². The van der Waals surface area contributed by atoms with Crippen LogP contribution in [0.1, 0.15) is 52.4 Å². The topological polar surface area (TPSA) is 106 Å². The summed E-state index contributed by atoms with van der Waals surface area (Å²) in [7, 11) is 0. The summed E-state index contributed by atoms with van der Waals surface area (Å²) >= 11 is 0. The highest BCUT2D eigenvalue weighted by molar-refractivity contribution is 5.73. The molecule has 1 saturated carbocycles. The number of hydrogen-bond donors (Lipinski definition) is 2. The van der Waals surface area contributed by atoms with Crippen LogP contribution in [0.15, 0.2) is 36.7 Å². The fourth-order valence-corrected chi connectivity index (χ4v) is 6.41. The molecule has 2 bridgehead atoms. The predicted molar refractivity (Wildman–Crippen MR) is 134 cm³/mol. The molecule has 3 aliphatic heterocycles. The Bertz CT molecular complexity index is 1310. The molecule has 9 heteroatoms. The van der Waals surface area contributed by atoms with E-state index in [0.717, 1.165) is 29.8 Å². The summed E-state index contributed by atoms with van der Waals surface area (Å²) in [6.45, 7) is 4.88. The van der Waals surface area contributed by atoms with Gasteiger partial charge in [0, 0.05) is 34.9 Å². The van der Waals surface area contributed by atoms with Crippen molar-refractivity contribution in [2.24, 2.45) is 0 Å². The number of phenols is 1. The number of pyridine rings is 1. The molecule has 186 valence electrons. The number of phenolic OH excluding ortho intramolecular Hbond substituents is 1. The van der Waals surface area contributed by atoms with Gasteiger partial charge in [-0.3, -0.25) is 0 Å². The van der Waals surface area contributed by atoms with Crippen LogP contribution in [0.2, 0.25) is 0 Å². The fourth-order valence-electron chi connectivity index (χ4n) is 6.41. The Morgan fingerprint density at radius 3 is 2.44 bits per heavy atom. The van der Waals surface area contributed by atoms with Crippen LogP contribution in [0, 0.1) is 0 Å². The smallest absolute Gasteiger partial charge is 0.260 e. The standard InChI is InChI=1S/C27H30N6O3/c1-26-7-8-27(2,32-26)12-19(11-26)33(18-4-5-18)23-14-28-24(31-30-23)20-6-3-16(9-21(20)34)17-10-22-25(29-13-17)36-15-35-22/h3,6,9-10,13-14,18-19,32,34H,4-5,7-8,11-12,15H2,1-2H3/t19?,26-,27+. The molecule has 4 aliphatic rings. The van der Waals surface area contributed by atoms with Gasteiger partial charge < -0.3 is 24.8 Å². The van der Waals surface area contributed by atoms with Gasteiger partial charge in [-0.25, -0.2) is 9.97 Å². The summed E-state index contributed by atoms with van der Waals surface area (Å²) < 4.78 is 10.7. The molecule has 36 heavy (non-hydrogen) atoms.